The topological polar surface area (TPSA) is 52.6 Å². The molecule has 1 N–H and O–H groups in total. The van der Waals surface area contributed by atoms with Crippen molar-refractivity contribution in [3.05, 3.63) is 0 Å². The van der Waals surface area contributed by atoms with Crippen LogP contribution in [0.1, 0.15) is 33.1 Å². The van der Waals surface area contributed by atoms with Gasteiger partial charge in [-0.1, -0.05) is 13.8 Å². The second-order valence-corrected chi connectivity index (χ2v) is 8.48. The first-order valence-electron chi connectivity index (χ1n) is 11.0. The van der Waals surface area contributed by atoms with Gasteiger partial charge in [-0.3, -0.25) is 9.89 Å². The minimum Gasteiger partial charge on any atom is -0.385 e. The van der Waals surface area contributed by atoms with E-state index in [0.717, 1.165) is 84.2 Å². The first-order chi connectivity index (χ1) is 13.5. The minimum absolute atomic E-state index is 0. The van der Waals surface area contributed by atoms with Crippen LogP contribution >= 0.6 is 24.0 Å². The zero-order valence-electron chi connectivity index (χ0n) is 19.2. The highest BCUT2D eigenvalue weighted by Gasteiger charge is 2.27. The lowest BCUT2D eigenvalue weighted by Crippen LogP contribution is -2.56. The van der Waals surface area contributed by atoms with Gasteiger partial charge in [0.25, 0.3) is 0 Å². The minimum atomic E-state index is 0. The molecule has 2 fully saturated rings. The number of rotatable bonds is 9. The summed E-state index contributed by atoms with van der Waals surface area (Å²) in [4.78, 5) is 12.0. The third kappa shape index (κ3) is 9.25. The highest BCUT2D eigenvalue weighted by molar-refractivity contribution is 14.0. The van der Waals surface area contributed by atoms with Crippen LogP contribution in [-0.2, 0) is 9.47 Å². The molecule has 0 radical (unpaired) electrons. The van der Waals surface area contributed by atoms with Gasteiger partial charge >= 0.3 is 0 Å². The van der Waals surface area contributed by atoms with E-state index in [9.17, 15) is 0 Å². The molecule has 1 atom stereocenters. The lowest BCUT2D eigenvalue weighted by Gasteiger charge is -2.41. The first-order valence-corrected chi connectivity index (χ1v) is 11.0. The van der Waals surface area contributed by atoms with Crippen LogP contribution in [-0.4, -0.2) is 113 Å². The van der Waals surface area contributed by atoms with Crippen molar-refractivity contribution in [2.24, 2.45) is 10.9 Å². The van der Waals surface area contributed by atoms with Crippen molar-refractivity contribution in [2.75, 3.05) is 80.2 Å². The molecule has 7 nitrogen and oxygen atoms in total. The van der Waals surface area contributed by atoms with Crippen molar-refractivity contribution in [1.82, 2.24) is 20.0 Å². The fraction of sp³-hybridized carbons (Fsp3) is 0.952. The monoisotopic (exact) mass is 525 g/mol. The third-order valence-electron chi connectivity index (χ3n) is 6.05. The molecule has 0 amide bonds. The summed E-state index contributed by atoms with van der Waals surface area (Å²) < 4.78 is 11.1. The van der Waals surface area contributed by atoms with Gasteiger partial charge in [0.2, 0.25) is 0 Å². The Morgan fingerprint density at radius 2 is 1.72 bits per heavy atom. The number of guanidine groups is 1. The molecule has 0 saturated carbocycles. The Kier molecular flexibility index (Phi) is 13.7. The van der Waals surface area contributed by atoms with E-state index in [1.807, 2.05) is 7.05 Å². The molecule has 2 rings (SSSR count). The summed E-state index contributed by atoms with van der Waals surface area (Å²) in [5, 5.41) is 3.67. The molecule has 0 bridgehead atoms. The van der Waals surface area contributed by atoms with Gasteiger partial charge < -0.3 is 24.6 Å². The Morgan fingerprint density at radius 3 is 2.28 bits per heavy atom. The number of piperidine rings is 1. The molecule has 172 valence electrons. The van der Waals surface area contributed by atoms with E-state index >= 15 is 0 Å². The standard InChI is InChI=1S/C21H43N5O2.HI/c1-18(2)20(25-13-11-24(4)12-14-25)17-23-21(22-3)26-9-7-19(8-10-26)28-16-6-15-27-5;/h18-20H,6-17H2,1-5H3,(H,22,23);1H. The number of likely N-dealkylation sites (tertiary alicyclic amines) is 1. The van der Waals surface area contributed by atoms with Crippen LogP contribution in [0.2, 0.25) is 0 Å². The van der Waals surface area contributed by atoms with Crippen LogP contribution in [0.3, 0.4) is 0 Å². The number of halogens is 1. The number of aliphatic imine (C=N–C) groups is 1. The van der Waals surface area contributed by atoms with E-state index in [4.69, 9.17) is 9.47 Å². The lowest BCUT2D eigenvalue weighted by molar-refractivity contribution is 0.00978. The predicted molar refractivity (Wildman–Crippen MR) is 132 cm³/mol. The quantitative estimate of drug-likeness (QED) is 0.215. The normalized spacial score (nSPS) is 21.3. The van der Waals surface area contributed by atoms with Crippen molar-refractivity contribution < 1.29 is 9.47 Å². The molecule has 0 aliphatic carbocycles. The van der Waals surface area contributed by atoms with Gasteiger partial charge in [-0.15, -0.1) is 24.0 Å². The number of methoxy groups -OCH3 is 1. The highest BCUT2D eigenvalue weighted by atomic mass is 127. The summed E-state index contributed by atoms with van der Waals surface area (Å²) in [6.45, 7) is 13.9. The highest BCUT2D eigenvalue weighted by Crippen LogP contribution is 2.16. The number of hydrogen-bond donors (Lipinski definition) is 1. The molecule has 0 aromatic rings. The van der Waals surface area contributed by atoms with E-state index < -0.39 is 0 Å². The maximum Gasteiger partial charge on any atom is 0.193 e. The van der Waals surface area contributed by atoms with Crippen molar-refractivity contribution in [2.45, 2.75) is 45.3 Å². The Balaban J connectivity index is 0.00000420. The molecule has 2 aliphatic rings. The van der Waals surface area contributed by atoms with Crippen LogP contribution in [0.5, 0.6) is 0 Å². The maximum atomic E-state index is 5.99. The average Bonchev–Trinajstić information content (AvgIpc) is 2.70. The summed E-state index contributed by atoms with van der Waals surface area (Å²) in [6, 6.07) is 0.548. The molecule has 8 heteroatoms. The average molecular weight is 526 g/mol. The van der Waals surface area contributed by atoms with Crippen LogP contribution < -0.4 is 5.32 Å². The smallest absolute Gasteiger partial charge is 0.193 e. The maximum absolute atomic E-state index is 5.99. The molecule has 2 saturated heterocycles. The summed E-state index contributed by atoms with van der Waals surface area (Å²) in [5.41, 5.74) is 0. The van der Waals surface area contributed by atoms with E-state index in [2.05, 4.69) is 45.9 Å². The van der Waals surface area contributed by atoms with E-state index in [0.29, 0.717) is 18.1 Å². The van der Waals surface area contributed by atoms with Gasteiger partial charge in [0.15, 0.2) is 5.96 Å². The van der Waals surface area contributed by atoms with E-state index in [1.165, 1.54) is 0 Å². The first kappa shape index (κ1) is 26.9. The number of likely N-dealkylation sites (N-methyl/N-ethyl adjacent to an activating group) is 1. The number of piperazine rings is 1. The Labute approximate surface area is 195 Å². The number of nitrogens with zero attached hydrogens (tertiary/aromatic N) is 4. The zero-order valence-corrected chi connectivity index (χ0v) is 21.6. The largest absolute Gasteiger partial charge is 0.385 e. The molecule has 2 aliphatic heterocycles. The molecule has 0 spiro atoms. The Hall–Kier alpha value is -0.160. The summed E-state index contributed by atoms with van der Waals surface area (Å²) in [6.07, 6.45) is 3.49. The summed E-state index contributed by atoms with van der Waals surface area (Å²) in [5.74, 6) is 1.66. The molecule has 0 aromatic carbocycles. The van der Waals surface area contributed by atoms with Crippen molar-refractivity contribution in [1.29, 1.82) is 0 Å². The van der Waals surface area contributed by atoms with Gasteiger partial charge in [-0.2, -0.15) is 0 Å². The fourth-order valence-electron chi connectivity index (χ4n) is 4.16. The van der Waals surface area contributed by atoms with Crippen LogP contribution in [0.25, 0.3) is 0 Å². The SMILES string of the molecule is CN=C(NCC(C(C)C)N1CCN(C)CC1)N1CCC(OCCCOC)CC1.I. The second-order valence-electron chi connectivity index (χ2n) is 8.48. The molecule has 0 aromatic heterocycles. The van der Waals surface area contributed by atoms with Crippen LogP contribution in [0.4, 0.5) is 0 Å². The molecule has 2 heterocycles. The van der Waals surface area contributed by atoms with Gasteiger partial charge in [-0.05, 0) is 32.2 Å². The van der Waals surface area contributed by atoms with Crippen LogP contribution in [0, 0.1) is 5.92 Å². The second kappa shape index (κ2) is 14.8. The van der Waals surface area contributed by atoms with Crippen molar-refractivity contribution >= 4 is 29.9 Å². The van der Waals surface area contributed by atoms with E-state index in [-0.39, 0.29) is 24.0 Å². The van der Waals surface area contributed by atoms with Gasteiger partial charge in [0.05, 0.1) is 6.10 Å². The summed E-state index contributed by atoms with van der Waals surface area (Å²) in [7, 11) is 5.85. The van der Waals surface area contributed by atoms with Gasteiger partial charge in [0, 0.05) is 79.2 Å². The molecule has 1 unspecified atom stereocenters. The fourth-order valence-corrected chi connectivity index (χ4v) is 4.16. The Morgan fingerprint density at radius 1 is 1.07 bits per heavy atom. The third-order valence-corrected chi connectivity index (χ3v) is 6.05. The number of hydrogen-bond acceptors (Lipinski definition) is 5. The number of nitrogens with one attached hydrogen (secondary N) is 1. The van der Waals surface area contributed by atoms with Crippen molar-refractivity contribution in [3.63, 3.8) is 0 Å². The van der Waals surface area contributed by atoms with Gasteiger partial charge in [0.1, 0.15) is 0 Å². The molecular formula is C21H44IN5O2. The predicted octanol–water partition coefficient (Wildman–Crippen LogP) is 1.97. The molecular weight excluding hydrogens is 481 g/mol. The number of ether oxygens (including phenoxy) is 2. The Bertz CT molecular complexity index is 450. The summed E-state index contributed by atoms with van der Waals surface area (Å²) >= 11 is 0. The lowest BCUT2D eigenvalue weighted by atomic mass is 10.0. The van der Waals surface area contributed by atoms with Gasteiger partial charge in [-0.25, -0.2) is 0 Å². The molecule has 29 heavy (non-hydrogen) atoms. The van der Waals surface area contributed by atoms with E-state index in [1.54, 1.807) is 7.11 Å². The zero-order chi connectivity index (χ0) is 20.4. The van der Waals surface area contributed by atoms with Crippen molar-refractivity contribution in [3.8, 4) is 0 Å². The van der Waals surface area contributed by atoms with Crippen LogP contribution in [0.15, 0.2) is 4.99 Å².